The Morgan fingerprint density at radius 3 is 2.64 bits per heavy atom. The van der Waals surface area contributed by atoms with Gasteiger partial charge >= 0.3 is 5.97 Å². The maximum Gasteiger partial charge on any atom is 0.341 e. The number of ether oxygens (including phenoxy) is 1. The van der Waals surface area contributed by atoms with Gasteiger partial charge in [0.05, 0.1) is 16.6 Å². The van der Waals surface area contributed by atoms with Crippen LogP contribution in [0.1, 0.15) is 10.4 Å². The third-order valence-electron chi connectivity index (χ3n) is 1.54. The van der Waals surface area contributed by atoms with Gasteiger partial charge in [-0.25, -0.2) is 4.79 Å². The fourth-order valence-electron chi connectivity index (χ4n) is 0.851. The number of carbonyl (C=O) groups is 1. The Bertz CT molecular complexity index is 393. The molecule has 3 nitrogen and oxygen atoms in total. The zero-order valence-electron chi connectivity index (χ0n) is 6.97. The van der Waals surface area contributed by atoms with Gasteiger partial charge in [-0.3, -0.25) is 0 Å². The predicted octanol–water partition coefficient (Wildman–Crippen LogP) is 3.36. The Morgan fingerprint density at radius 2 is 2.14 bits per heavy atom. The van der Waals surface area contributed by atoms with E-state index in [1.165, 1.54) is 13.2 Å². The third kappa shape index (κ3) is 2.04. The molecule has 0 amide bonds. The third-order valence-corrected chi connectivity index (χ3v) is 3.79. The fourth-order valence-corrected chi connectivity index (χ4v) is 2.12. The van der Waals surface area contributed by atoms with Crippen molar-refractivity contribution in [1.82, 2.24) is 0 Å². The van der Waals surface area contributed by atoms with Crippen molar-refractivity contribution >= 4 is 49.4 Å². The molecule has 0 heterocycles. The normalized spacial score (nSPS) is 10.0. The Hall–Kier alpha value is -0.260. The monoisotopic (exact) mass is 342 g/mol. The summed E-state index contributed by atoms with van der Waals surface area (Å²) in [7, 11) is 1.23. The van der Waals surface area contributed by atoms with Gasteiger partial charge in [-0.15, -0.1) is 0 Å². The summed E-state index contributed by atoms with van der Waals surface area (Å²) in [5.41, 5.74) is 0.0515. The number of esters is 1. The molecule has 0 saturated heterocycles. The first-order valence-electron chi connectivity index (χ1n) is 3.43. The van der Waals surface area contributed by atoms with Crippen LogP contribution in [0.4, 0.5) is 0 Å². The van der Waals surface area contributed by atoms with Crippen LogP contribution < -0.4 is 0 Å². The van der Waals surface area contributed by atoms with Gasteiger partial charge in [0.15, 0.2) is 0 Å². The van der Waals surface area contributed by atoms with Crippen molar-refractivity contribution in [3.63, 3.8) is 0 Å². The number of hydrogen-bond acceptors (Lipinski definition) is 3. The second-order valence-corrected chi connectivity index (χ2v) is 4.40. The van der Waals surface area contributed by atoms with Crippen LogP contribution in [-0.4, -0.2) is 18.2 Å². The summed E-state index contributed by atoms with van der Waals surface area (Å²) in [6.45, 7) is 0. The highest BCUT2D eigenvalue weighted by Crippen LogP contribution is 2.39. The van der Waals surface area contributed by atoms with Crippen LogP contribution in [-0.2, 0) is 4.74 Å². The number of halogens is 3. The van der Waals surface area contributed by atoms with Gasteiger partial charge in [0, 0.05) is 4.47 Å². The van der Waals surface area contributed by atoms with Crippen molar-refractivity contribution in [1.29, 1.82) is 0 Å². The molecule has 0 aliphatic heterocycles. The van der Waals surface area contributed by atoms with Crippen LogP contribution in [0, 0.1) is 0 Å². The second kappa shape index (κ2) is 4.51. The summed E-state index contributed by atoms with van der Waals surface area (Å²) in [5.74, 6) is -0.856. The van der Waals surface area contributed by atoms with Gasteiger partial charge in [0.1, 0.15) is 11.3 Å². The number of benzene rings is 1. The van der Waals surface area contributed by atoms with Crippen molar-refractivity contribution in [3.8, 4) is 5.75 Å². The number of hydrogen-bond donors (Lipinski definition) is 1. The van der Waals surface area contributed by atoms with E-state index >= 15 is 0 Å². The molecule has 14 heavy (non-hydrogen) atoms. The summed E-state index contributed by atoms with van der Waals surface area (Å²) in [5, 5.41) is 9.85. The van der Waals surface area contributed by atoms with E-state index in [9.17, 15) is 9.90 Å². The largest absolute Gasteiger partial charge is 0.506 e. The molecule has 0 spiro atoms. The average molecular weight is 344 g/mol. The van der Waals surface area contributed by atoms with Crippen molar-refractivity contribution < 1.29 is 14.6 Å². The van der Waals surface area contributed by atoms with Crippen molar-refractivity contribution in [2.45, 2.75) is 0 Å². The van der Waals surface area contributed by atoms with Crippen LogP contribution >= 0.6 is 43.5 Å². The van der Waals surface area contributed by atoms with E-state index < -0.39 is 5.97 Å². The van der Waals surface area contributed by atoms with Crippen molar-refractivity contribution in [2.24, 2.45) is 0 Å². The molecule has 76 valence electrons. The average Bonchev–Trinajstić information content (AvgIpc) is 2.19. The molecule has 0 saturated carbocycles. The number of carbonyl (C=O) groups excluding carboxylic acids is 1. The highest BCUT2D eigenvalue weighted by Gasteiger charge is 2.18. The molecule has 0 aromatic heterocycles. The molecular formula is C8H5Br2ClO3. The molecule has 6 heteroatoms. The molecule has 1 aromatic carbocycles. The molecule has 0 atom stereocenters. The lowest BCUT2D eigenvalue weighted by Gasteiger charge is -2.07. The number of phenolic OH excluding ortho intramolecular Hbond substituents is 1. The van der Waals surface area contributed by atoms with Gasteiger partial charge in [0.2, 0.25) is 0 Å². The Labute approximate surface area is 102 Å². The van der Waals surface area contributed by atoms with Gasteiger partial charge < -0.3 is 9.84 Å². The molecule has 0 fully saturated rings. The number of phenols is 1. The SMILES string of the molecule is COC(=O)c1cc(Br)c(Cl)c(Br)c1O. The molecule has 1 rings (SSSR count). The molecule has 0 aliphatic carbocycles. The molecular weight excluding hydrogens is 339 g/mol. The van der Waals surface area contributed by atoms with E-state index in [0.29, 0.717) is 9.50 Å². The highest BCUT2D eigenvalue weighted by molar-refractivity contribution is 9.11. The number of methoxy groups -OCH3 is 1. The quantitative estimate of drug-likeness (QED) is 0.628. The Kier molecular flexibility index (Phi) is 3.80. The Morgan fingerprint density at radius 1 is 1.57 bits per heavy atom. The van der Waals surface area contributed by atoms with Gasteiger partial charge in [-0.05, 0) is 37.9 Å². The summed E-state index contributed by atoms with van der Waals surface area (Å²) >= 11 is 12.0. The number of rotatable bonds is 1. The van der Waals surface area contributed by atoms with Gasteiger partial charge in [-0.2, -0.15) is 0 Å². The number of aromatic hydroxyl groups is 1. The summed E-state index contributed by atoms with van der Waals surface area (Å²) < 4.78 is 5.25. The van der Waals surface area contributed by atoms with E-state index in [4.69, 9.17) is 11.6 Å². The standard InChI is InChI=1S/C8H5Br2ClO3/c1-14-8(13)3-2-4(9)6(11)5(10)7(3)12/h2,12H,1H3. The summed E-state index contributed by atoms with van der Waals surface area (Å²) in [4.78, 5) is 11.2. The topological polar surface area (TPSA) is 46.5 Å². The highest BCUT2D eigenvalue weighted by atomic mass is 79.9. The maximum atomic E-state index is 11.2. The predicted molar refractivity (Wildman–Crippen MR) is 59.9 cm³/mol. The minimum atomic E-state index is -0.624. The fraction of sp³-hybridized carbons (Fsp3) is 0.125. The lowest BCUT2D eigenvalue weighted by Crippen LogP contribution is -2.02. The second-order valence-electron chi connectivity index (χ2n) is 2.37. The van der Waals surface area contributed by atoms with Gasteiger partial charge in [0.25, 0.3) is 0 Å². The summed E-state index contributed by atoms with van der Waals surface area (Å²) in [6, 6.07) is 1.40. The first-order chi connectivity index (χ1) is 6.49. The molecule has 1 N–H and O–H groups in total. The van der Waals surface area contributed by atoms with Crippen LogP contribution in [0.3, 0.4) is 0 Å². The zero-order valence-corrected chi connectivity index (χ0v) is 10.9. The van der Waals surface area contributed by atoms with Crippen LogP contribution in [0.5, 0.6) is 5.75 Å². The minimum absolute atomic E-state index is 0.0515. The van der Waals surface area contributed by atoms with Crippen LogP contribution in [0.25, 0.3) is 0 Å². The zero-order chi connectivity index (χ0) is 10.9. The molecule has 0 unspecified atom stereocenters. The molecule has 0 aliphatic rings. The Balaban J connectivity index is 3.40. The first-order valence-corrected chi connectivity index (χ1v) is 5.40. The molecule has 0 bridgehead atoms. The first kappa shape index (κ1) is 11.8. The minimum Gasteiger partial charge on any atom is -0.506 e. The van der Waals surface area contributed by atoms with Crippen LogP contribution in [0.2, 0.25) is 5.02 Å². The maximum absolute atomic E-state index is 11.2. The van der Waals surface area contributed by atoms with Crippen molar-refractivity contribution in [3.05, 3.63) is 25.6 Å². The lowest BCUT2D eigenvalue weighted by molar-refractivity contribution is 0.0597. The van der Waals surface area contributed by atoms with E-state index in [1.807, 2.05) is 0 Å². The molecule has 0 radical (unpaired) electrons. The van der Waals surface area contributed by atoms with E-state index in [0.717, 1.165) is 0 Å². The van der Waals surface area contributed by atoms with Crippen molar-refractivity contribution in [2.75, 3.05) is 7.11 Å². The summed E-state index contributed by atoms with van der Waals surface area (Å²) in [6.07, 6.45) is 0. The van der Waals surface area contributed by atoms with E-state index in [1.54, 1.807) is 0 Å². The van der Waals surface area contributed by atoms with E-state index in [2.05, 4.69) is 36.6 Å². The van der Waals surface area contributed by atoms with Gasteiger partial charge in [-0.1, -0.05) is 11.6 Å². The smallest absolute Gasteiger partial charge is 0.341 e. The van der Waals surface area contributed by atoms with Crippen LogP contribution in [0.15, 0.2) is 15.0 Å². The van der Waals surface area contributed by atoms with E-state index in [-0.39, 0.29) is 15.8 Å². The molecule has 1 aromatic rings. The lowest BCUT2D eigenvalue weighted by atomic mass is 10.2.